The van der Waals surface area contributed by atoms with Crippen molar-refractivity contribution in [2.45, 2.75) is 0 Å². The molecular formula is C12H9Cl2FN2. The van der Waals surface area contributed by atoms with Gasteiger partial charge in [-0.2, -0.15) is 0 Å². The molecule has 0 aliphatic heterocycles. The van der Waals surface area contributed by atoms with Gasteiger partial charge in [0.2, 0.25) is 0 Å². The molecule has 2 aromatic rings. The summed E-state index contributed by atoms with van der Waals surface area (Å²) in [6.45, 7) is 0. The molecule has 0 heterocycles. The number of rotatable bonds is 2. The van der Waals surface area contributed by atoms with E-state index in [9.17, 15) is 4.39 Å². The Morgan fingerprint density at radius 2 is 1.76 bits per heavy atom. The van der Waals surface area contributed by atoms with Crippen LogP contribution in [0.2, 0.25) is 10.0 Å². The Morgan fingerprint density at radius 1 is 1.00 bits per heavy atom. The maximum Gasteiger partial charge on any atom is 0.125 e. The van der Waals surface area contributed by atoms with Gasteiger partial charge in [-0.3, -0.25) is 0 Å². The van der Waals surface area contributed by atoms with Gasteiger partial charge in [0.15, 0.2) is 0 Å². The van der Waals surface area contributed by atoms with E-state index in [-0.39, 0.29) is 5.82 Å². The summed E-state index contributed by atoms with van der Waals surface area (Å²) in [7, 11) is 0. The highest BCUT2D eigenvalue weighted by Gasteiger charge is 2.03. The lowest BCUT2D eigenvalue weighted by Gasteiger charge is -2.10. The molecule has 2 rings (SSSR count). The molecule has 0 saturated carbocycles. The van der Waals surface area contributed by atoms with Crippen LogP contribution in [0.5, 0.6) is 0 Å². The predicted molar refractivity (Wildman–Crippen MR) is 70.6 cm³/mol. The monoisotopic (exact) mass is 270 g/mol. The zero-order valence-electron chi connectivity index (χ0n) is 8.68. The number of hydrogen-bond donors (Lipinski definition) is 2. The van der Waals surface area contributed by atoms with Crippen LogP contribution in [0.3, 0.4) is 0 Å². The molecule has 0 atom stereocenters. The Morgan fingerprint density at radius 3 is 2.47 bits per heavy atom. The highest BCUT2D eigenvalue weighted by molar-refractivity contribution is 6.42. The predicted octanol–water partition coefficient (Wildman–Crippen LogP) is 4.46. The number of hydrogen-bond acceptors (Lipinski definition) is 2. The van der Waals surface area contributed by atoms with E-state index in [2.05, 4.69) is 5.32 Å². The molecule has 88 valence electrons. The Hall–Kier alpha value is -1.45. The molecular weight excluding hydrogens is 262 g/mol. The summed E-state index contributed by atoms with van der Waals surface area (Å²) >= 11 is 11.7. The maximum absolute atomic E-state index is 13.1. The van der Waals surface area contributed by atoms with E-state index in [1.807, 2.05) is 0 Å². The zero-order chi connectivity index (χ0) is 12.4. The average molecular weight is 271 g/mol. The van der Waals surface area contributed by atoms with E-state index in [0.717, 1.165) is 0 Å². The average Bonchev–Trinajstić information content (AvgIpc) is 2.29. The summed E-state index contributed by atoms with van der Waals surface area (Å²) in [6.07, 6.45) is 0. The van der Waals surface area contributed by atoms with Crippen LogP contribution in [-0.4, -0.2) is 0 Å². The molecule has 0 spiro atoms. The third-order valence-electron chi connectivity index (χ3n) is 2.21. The Labute approximate surface area is 108 Å². The van der Waals surface area contributed by atoms with Crippen molar-refractivity contribution in [1.29, 1.82) is 0 Å². The van der Waals surface area contributed by atoms with E-state index in [4.69, 9.17) is 28.9 Å². The quantitative estimate of drug-likeness (QED) is 0.791. The standard InChI is InChI=1S/C12H9Cl2FN2/c13-9-3-2-8(6-10(9)14)17-12-5-7(15)1-4-11(12)16/h1-6,17H,16H2. The minimum atomic E-state index is -0.359. The Bertz CT molecular complexity index is 558. The van der Waals surface area contributed by atoms with Crippen LogP contribution < -0.4 is 11.1 Å². The second-order valence-corrected chi connectivity index (χ2v) is 4.30. The topological polar surface area (TPSA) is 38.0 Å². The molecule has 3 N–H and O–H groups in total. The third kappa shape index (κ3) is 2.81. The van der Waals surface area contributed by atoms with Crippen molar-refractivity contribution in [3.63, 3.8) is 0 Å². The second-order valence-electron chi connectivity index (χ2n) is 3.49. The molecule has 0 saturated heterocycles. The van der Waals surface area contributed by atoms with Crippen LogP contribution in [0, 0.1) is 5.82 Å². The molecule has 0 radical (unpaired) electrons. The van der Waals surface area contributed by atoms with Crippen LogP contribution in [0.1, 0.15) is 0 Å². The number of nitrogen functional groups attached to an aromatic ring is 1. The highest BCUT2D eigenvalue weighted by Crippen LogP contribution is 2.29. The molecule has 0 aromatic heterocycles. The normalized spacial score (nSPS) is 10.3. The first kappa shape index (κ1) is 12.0. The lowest BCUT2D eigenvalue weighted by Crippen LogP contribution is -1.96. The van der Waals surface area contributed by atoms with Gasteiger partial charge in [-0.1, -0.05) is 23.2 Å². The number of benzene rings is 2. The summed E-state index contributed by atoms with van der Waals surface area (Å²) in [4.78, 5) is 0. The Kier molecular flexibility index (Phi) is 3.41. The van der Waals surface area contributed by atoms with Crippen LogP contribution in [0.4, 0.5) is 21.5 Å². The fourth-order valence-electron chi connectivity index (χ4n) is 1.37. The molecule has 5 heteroatoms. The van der Waals surface area contributed by atoms with Crippen LogP contribution >= 0.6 is 23.2 Å². The fraction of sp³-hybridized carbons (Fsp3) is 0. The third-order valence-corrected chi connectivity index (χ3v) is 2.95. The minimum absolute atomic E-state index is 0.359. The van der Waals surface area contributed by atoms with Crippen LogP contribution in [0.15, 0.2) is 36.4 Å². The van der Waals surface area contributed by atoms with Gasteiger partial charge < -0.3 is 11.1 Å². The van der Waals surface area contributed by atoms with Crippen LogP contribution in [0.25, 0.3) is 0 Å². The minimum Gasteiger partial charge on any atom is -0.397 e. The molecule has 0 bridgehead atoms. The fourth-order valence-corrected chi connectivity index (χ4v) is 1.66. The van der Waals surface area contributed by atoms with Gasteiger partial charge >= 0.3 is 0 Å². The number of halogens is 3. The summed E-state index contributed by atoms with van der Waals surface area (Å²) in [5.74, 6) is -0.359. The first-order valence-electron chi connectivity index (χ1n) is 4.83. The molecule has 0 amide bonds. The van der Waals surface area contributed by atoms with Gasteiger partial charge in [-0.25, -0.2) is 4.39 Å². The molecule has 0 unspecified atom stereocenters. The molecule has 0 aliphatic rings. The number of nitrogens with one attached hydrogen (secondary N) is 1. The van der Waals surface area contributed by atoms with E-state index < -0.39 is 0 Å². The first-order chi connectivity index (χ1) is 8.06. The second kappa shape index (κ2) is 4.82. The van der Waals surface area contributed by atoms with Crippen molar-refractivity contribution in [1.82, 2.24) is 0 Å². The lowest BCUT2D eigenvalue weighted by molar-refractivity contribution is 0.628. The van der Waals surface area contributed by atoms with Crippen molar-refractivity contribution in [2.75, 3.05) is 11.1 Å². The zero-order valence-corrected chi connectivity index (χ0v) is 10.2. The van der Waals surface area contributed by atoms with E-state index in [1.165, 1.54) is 18.2 Å². The summed E-state index contributed by atoms with van der Waals surface area (Å²) < 4.78 is 13.1. The SMILES string of the molecule is Nc1ccc(F)cc1Nc1ccc(Cl)c(Cl)c1. The molecule has 2 aromatic carbocycles. The van der Waals surface area contributed by atoms with Crippen molar-refractivity contribution in [2.24, 2.45) is 0 Å². The first-order valence-corrected chi connectivity index (χ1v) is 5.59. The Balaban J connectivity index is 2.31. The largest absolute Gasteiger partial charge is 0.397 e. The summed E-state index contributed by atoms with van der Waals surface area (Å²) in [6, 6.07) is 9.15. The van der Waals surface area contributed by atoms with E-state index >= 15 is 0 Å². The van der Waals surface area contributed by atoms with Crippen molar-refractivity contribution >= 4 is 40.3 Å². The lowest BCUT2D eigenvalue weighted by atomic mass is 10.2. The summed E-state index contributed by atoms with van der Waals surface area (Å²) in [5.41, 5.74) is 7.35. The number of anilines is 3. The van der Waals surface area contributed by atoms with Gasteiger partial charge in [0, 0.05) is 5.69 Å². The number of nitrogens with two attached hydrogens (primary N) is 1. The molecule has 17 heavy (non-hydrogen) atoms. The molecule has 2 nitrogen and oxygen atoms in total. The molecule has 0 aliphatic carbocycles. The van der Waals surface area contributed by atoms with E-state index in [0.29, 0.717) is 27.1 Å². The van der Waals surface area contributed by atoms with Gasteiger partial charge in [-0.05, 0) is 36.4 Å². The van der Waals surface area contributed by atoms with Crippen molar-refractivity contribution < 1.29 is 4.39 Å². The van der Waals surface area contributed by atoms with Crippen LogP contribution in [-0.2, 0) is 0 Å². The van der Waals surface area contributed by atoms with Gasteiger partial charge in [0.05, 0.1) is 21.4 Å². The van der Waals surface area contributed by atoms with Gasteiger partial charge in [-0.15, -0.1) is 0 Å². The highest BCUT2D eigenvalue weighted by atomic mass is 35.5. The van der Waals surface area contributed by atoms with Gasteiger partial charge in [0.1, 0.15) is 5.82 Å². The summed E-state index contributed by atoms with van der Waals surface area (Å²) in [5, 5.41) is 3.86. The van der Waals surface area contributed by atoms with Gasteiger partial charge in [0.25, 0.3) is 0 Å². The molecule has 0 fully saturated rings. The smallest absolute Gasteiger partial charge is 0.125 e. The van der Waals surface area contributed by atoms with Crippen molar-refractivity contribution in [3.05, 3.63) is 52.3 Å². The van der Waals surface area contributed by atoms with E-state index in [1.54, 1.807) is 18.2 Å². The maximum atomic E-state index is 13.1. The van der Waals surface area contributed by atoms with Crippen molar-refractivity contribution in [3.8, 4) is 0 Å².